The van der Waals surface area contributed by atoms with Crippen molar-refractivity contribution in [2.45, 2.75) is 25.9 Å². The van der Waals surface area contributed by atoms with Crippen molar-refractivity contribution >= 4 is 0 Å². The molecule has 82 valence electrons. The van der Waals surface area contributed by atoms with E-state index < -0.39 is 0 Å². The first-order chi connectivity index (χ1) is 7.38. The van der Waals surface area contributed by atoms with E-state index in [9.17, 15) is 0 Å². The fourth-order valence-corrected chi connectivity index (χ4v) is 2.06. The van der Waals surface area contributed by atoms with Gasteiger partial charge in [0.1, 0.15) is 0 Å². The number of hydrogen-bond donors (Lipinski definition) is 1. The molecular formula is C13H18O2. The van der Waals surface area contributed by atoms with Crippen molar-refractivity contribution < 1.29 is 9.84 Å². The van der Waals surface area contributed by atoms with Gasteiger partial charge in [0, 0.05) is 13.2 Å². The molecule has 0 radical (unpaired) electrons. The molecule has 0 spiro atoms. The van der Waals surface area contributed by atoms with Crippen molar-refractivity contribution in [1.82, 2.24) is 0 Å². The molecular weight excluding hydrogens is 188 g/mol. The van der Waals surface area contributed by atoms with E-state index >= 15 is 0 Å². The Morgan fingerprint density at radius 2 is 1.67 bits per heavy atom. The van der Waals surface area contributed by atoms with Crippen molar-refractivity contribution in [3.63, 3.8) is 0 Å². The van der Waals surface area contributed by atoms with Crippen LogP contribution < -0.4 is 0 Å². The van der Waals surface area contributed by atoms with Crippen molar-refractivity contribution in [2.24, 2.45) is 5.92 Å². The zero-order chi connectivity index (χ0) is 10.5. The van der Waals surface area contributed by atoms with Gasteiger partial charge >= 0.3 is 0 Å². The molecule has 0 aliphatic carbocycles. The quantitative estimate of drug-likeness (QED) is 0.821. The lowest BCUT2D eigenvalue weighted by Crippen LogP contribution is -2.17. The van der Waals surface area contributed by atoms with Gasteiger partial charge in [-0.05, 0) is 36.3 Å². The van der Waals surface area contributed by atoms with Gasteiger partial charge in [0.2, 0.25) is 0 Å². The van der Waals surface area contributed by atoms with Crippen molar-refractivity contribution in [3.05, 3.63) is 35.4 Å². The zero-order valence-corrected chi connectivity index (χ0v) is 8.98. The fourth-order valence-electron chi connectivity index (χ4n) is 2.06. The van der Waals surface area contributed by atoms with Crippen LogP contribution in [0.2, 0.25) is 0 Å². The molecule has 1 aromatic carbocycles. The maximum absolute atomic E-state index is 8.93. The van der Waals surface area contributed by atoms with Crippen LogP contribution in [0.4, 0.5) is 0 Å². The molecule has 2 heteroatoms. The summed E-state index contributed by atoms with van der Waals surface area (Å²) in [6.45, 7) is 1.97. The van der Waals surface area contributed by atoms with E-state index in [2.05, 4.69) is 12.1 Å². The Hall–Kier alpha value is -0.860. The van der Waals surface area contributed by atoms with Crippen LogP contribution in [0.3, 0.4) is 0 Å². The van der Waals surface area contributed by atoms with Crippen LogP contribution in [0.15, 0.2) is 24.3 Å². The summed E-state index contributed by atoms with van der Waals surface area (Å²) in [4.78, 5) is 0. The van der Waals surface area contributed by atoms with Crippen LogP contribution in [-0.2, 0) is 17.8 Å². The number of aliphatic hydroxyl groups is 1. The number of hydrogen-bond acceptors (Lipinski definition) is 2. The summed E-state index contributed by atoms with van der Waals surface area (Å²) >= 11 is 0. The molecule has 2 nitrogen and oxygen atoms in total. The average Bonchev–Trinajstić information content (AvgIpc) is 2.31. The van der Waals surface area contributed by atoms with E-state index in [1.165, 1.54) is 18.4 Å². The Morgan fingerprint density at radius 1 is 1.07 bits per heavy atom. The van der Waals surface area contributed by atoms with Crippen molar-refractivity contribution in [3.8, 4) is 0 Å². The van der Waals surface area contributed by atoms with Gasteiger partial charge in [-0.15, -0.1) is 0 Å². The fraction of sp³-hybridized carbons (Fsp3) is 0.538. The second-order valence-electron chi connectivity index (χ2n) is 4.23. The molecule has 1 aromatic rings. The minimum absolute atomic E-state index is 0.136. The minimum Gasteiger partial charge on any atom is -0.392 e. The molecule has 0 amide bonds. The van der Waals surface area contributed by atoms with Gasteiger partial charge in [-0.2, -0.15) is 0 Å². The molecule has 1 heterocycles. The molecule has 1 aliphatic heterocycles. The van der Waals surface area contributed by atoms with E-state index in [4.69, 9.17) is 9.84 Å². The highest BCUT2D eigenvalue weighted by Crippen LogP contribution is 2.20. The average molecular weight is 206 g/mol. The molecule has 0 bridgehead atoms. The second kappa shape index (κ2) is 5.29. The predicted octanol–water partition coefficient (Wildman–Crippen LogP) is 2.15. The van der Waals surface area contributed by atoms with Gasteiger partial charge in [-0.3, -0.25) is 0 Å². The van der Waals surface area contributed by atoms with Crippen LogP contribution in [-0.4, -0.2) is 18.3 Å². The maximum Gasteiger partial charge on any atom is 0.0681 e. The van der Waals surface area contributed by atoms with Crippen LogP contribution >= 0.6 is 0 Å². The first kappa shape index (κ1) is 10.7. The van der Waals surface area contributed by atoms with Crippen LogP contribution in [0.1, 0.15) is 24.0 Å². The first-order valence-electron chi connectivity index (χ1n) is 5.65. The standard InChI is InChI=1S/C13H18O2/c14-10-13-3-1-11(2-4-13)9-12-5-7-15-8-6-12/h1-4,12,14H,5-10H2. The molecule has 15 heavy (non-hydrogen) atoms. The molecule has 1 saturated heterocycles. The lowest BCUT2D eigenvalue weighted by Gasteiger charge is -2.21. The summed E-state index contributed by atoms with van der Waals surface area (Å²) in [6.07, 6.45) is 3.51. The first-order valence-corrected chi connectivity index (χ1v) is 5.65. The summed E-state index contributed by atoms with van der Waals surface area (Å²) in [6, 6.07) is 8.27. The number of ether oxygens (including phenoxy) is 1. The van der Waals surface area contributed by atoms with E-state index in [-0.39, 0.29) is 6.61 Å². The lowest BCUT2D eigenvalue weighted by atomic mass is 9.92. The van der Waals surface area contributed by atoms with E-state index in [0.717, 1.165) is 31.1 Å². The molecule has 0 aromatic heterocycles. The third kappa shape index (κ3) is 3.05. The Balaban J connectivity index is 1.91. The third-order valence-electron chi connectivity index (χ3n) is 3.07. The number of aliphatic hydroxyl groups excluding tert-OH is 1. The van der Waals surface area contributed by atoms with Gasteiger partial charge in [0.25, 0.3) is 0 Å². The highest BCUT2D eigenvalue weighted by Gasteiger charge is 2.13. The van der Waals surface area contributed by atoms with Gasteiger partial charge in [-0.25, -0.2) is 0 Å². The summed E-state index contributed by atoms with van der Waals surface area (Å²) < 4.78 is 5.34. The SMILES string of the molecule is OCc1ccc(CC2CCOCC2)cc1. The van der Waals surface area contributed by atoms with Crippen LogP contribution in [0.25, 0.3) is 0 Å². The van der Waals surface area contributed by atoms with Gasteiger partial charge < -0.3 is 9.84 Å². The summed E-state index contributed by atoms with van der Waals surface area (Å²) in [5.41, 5.74) is 2.37. The normalized spacial score (nSPS) is 17.9. The highest BCUT2D eigenvalue weighted by atomic mass is 16.5. The Labute approximate surface area is 90.9 Å². The number of rotatable bonds is 3. The summed E-state index contributed by atoms with van der Waals surface area (Å²) in [5.74, 6) is 0.777. The largest absolute Gasteiger partial charge is 0.392 e. The van der Waals surface area contributed by atoms with Crippen LogP contribution in [0.5, 0.6) is 0 Å². The predicted molar refractivity (Wildman–Crippen MR) is 59.6 cm³/mol. The number of benzene rings is 1. The highest BCUT2D eigenvalue weighted by molar-refractivity contribution is 5.22. The van der Waals surface area contributed by atoms with Crippen LogP contribution in [0, 0.1) is 5.92 Å². The van der Waals surface area contributed by atoms with Gasteiger partial charge in [0.15, 0.2) is 0 Å². The molecule has 2 rings (SSSR count). The Kier molecular flexibility index (Phi) is 3.75. The van der Waals surface area contributed by atoms with E-state index in [1.54, 1.807) is 0 Å². The van der Waals surface area contributed by atoms with Gasteiger partial charge in [0.05, 0.1) is 6.61 Å². The Morgan fingerprint density at radius 3 is 2.27 bits per heavy atom. The summed E-state index contributed by atoms with van der Waals surface area (Å²) in [5, 5.41) is 8.93. The third-order valence-corrected chi connectivity index (χ3v) is 3.07. The minimum atomic E-state index is 0.136. The van der Waals surface area contributed by atoms with Crippen molar-refractivity contribution in [1.29, 1.82) is 0 Å². The summed E-state index contributed by atoms with van der Waals surface area (Å²) in [7, 11) is 0. The molecule has 1 N–H and O–H groups in total. The van der Waals surface area contributed by atoms with Crippen molar-refractivity contribution in [2.75, 3.05) is 13.2 Å². The molecule has 0 saturated carbocycles. The molecule has 1 fully saturated rings. The van der Waals surface area contributed by atoms with Gasteiger partial charge in [-0.1, -0.05) is 24.3 Å². The molecule has 0 unspecified atom stereocenters. The van der Waals surface area contributed by atoms with E-state index in [0.29, 0.717) is 0 Å². The molecule has 0 atom stereocenters. The Bertz CT molecular complexity index is 286. The molecule has 1 aliphatic rings. The van der Waals surface area contributed by atoms with E-state index in [1.807, 2.05) is 12.1 Å². The topological polar surface area (TPSA) is 29.5 Å². The zero-order valence-electron chi connectivity index (χ0n) is 8.98. The second-order valence-corrected chi connectivity index (χ2v) is 4.23. The maximum atomic E-state index is 8.93. The smallest absolute Gasteiger partial charge is 0.0681 e. The lowest BCUT2D eigenvalue weighted by molar-refractivity contribution is 0.0665. The monoisotopic (exact) mass is 206 g/mol.